The number of nitrogens with zero attached hydrogens (tertiary/aromatic N) is 4. The summed E-state index contributed by atoms with van der Waals surface area (Å²) in [4.78, 5) is 20.0. The van der Waals surface area contributed by atoms with Crippen LogP contribution in [0, 0.1) is 11.8 Å². The molecular formula is C14H15N5O2. The van der Waals surface area contributed by atoms with Gasteiger partial charge in [-0.25, -0.2) is 9.97 Å². The Morgan fingerprint density at radius 2 is 2.29 bits per heavy atom. The zero-order valence-corrected chi connectivity index (χ0v) is 11.6. The third kappa shape index (κ3) is 4.40. The van der Waals surface area contributed by atoms with Gasteiger partial charge >= 0.3 is 0 Å². The summed E-state index contributed by atoms with van der Waals surface area (Å²) >= 11 is 0. The monoisotopic (exact) mass is 285 g/mol. The molecule has 0 atom stereocenters. The van der Waals surface area contributed by atoms with Crippen LogP contribution in [0.3, 0.4) is 0 Å². The molecule has 0 aromatic carbocycles. The maximum atomic E-state index is 11.9. The number of amides is 1. The molecule has 7 heteroatoms. The molecular weight excluding hydrogens is 270 g/mol. The first kappa shape index (κ1) is 14.7. The number of aliphatic hydroxyl groups excluding tert-OH is 1. The van der Waals surface area contributed by atoms with Gasteiger partial charge in [0.2, 0.25) is 0 Å². The van der Waals surface area contributed by atoms with E-state index in [0.29, 0.717) is 30.0 Å². The molecule has 2 aromatic heterocycles. The molecule has 2 heterocycles. The number of hydrogen-bond acceptors (Lipinski definition) is 5. The first-order valence-corrected chi connectivity index (χ1v) is 6.37. The van der Waals surface area contributed by atoms with E-state index in [2.05, 4.69) is 32.2 Å². The number of aromatic nitrogens is 4. The van der Waals surface area contributed by atoms with Crippen molar-refractivity contribution in [2.75, 3.05) is 13.2 Å². The molecule has 0 unspecified atom stereocenters. The molecule has 0 aliphatic carbocycles. The highest BCUT2D eigenvalue weighted by molar-refractivity contribution is 5.92. The van der Waals surface area contributed by atoms with E-state index in [-0.39, 0.29) is 12.5 Å². The van der Waals surface area contributed by atoms with Crippen molar-refractivity contribution in [3.05, 3.63) is 41.7 Å². The Balaban J connectivity index is 1.85. The Morgan fingerprint density at radius 1 is 1.43 bits per heavy atom. The minimum absolute atomic E-state index is 0.205. The van der Waals surface area contributed by atoms with E-state index < -0.39 is 0 Å². The molecule has 1 amide bonds. The summed E-state index contributed by atoms with van der Waals surface area (Å²) in [6.45, 7) is 0.236. The van der Waals surface area contributed by atoms with E-state index in [1.807, 2.05) is 0 Å². The summed E-state index contributed by atoms with van der Waals surface area (Å²) in [5.74, 6) is 5.66. The summed E-state index contributed by atoms with van der Waals surface area (Å²) in [6, 6.07) is 3.28. The van der Waals surface area contributed by atoms with Crippen molar-refractivity contribution in [1.82, 2.24) is 25.1 Å². The molecule has 0 bridgehead atoms. The average molecular weight is 285 g/mol. The summed E-state index contributed by atoms with van der Waals surface area (Å²) in [6.07, 6.45) is 3.68. The second kappa shape index (κ2) is 7.17. The third-order valence-corrected chi connectivity index (χ3v) is 2.59. The van der Waals surface area contributed by atoms with E-state index in [9.17, 15) is 4.79 Å². The van der Waals surface area contributed by atoms with Gasteiger partial charge in [0.25, 0.3) is 5.91 Å². The Kier molecular flexibility index (Phi) is 5.01. The standard InChI is InChI=1S/C14H15N5O2/c1-19-10-17-13(18-19)6-7-15-14(21)12-5-4-11(9-16-12)3-2-8-20/h4-5,9-10,20H,6-8H2,1H3,(H,15,21). The van der Waals surface area contributed by atoms with Gasteiger partial charge in [-0.3, -0.25) is 9.48 Å². The van der Waals surface area contributed by atoms with Gasteiger partial charge in [-0.1, -0.05) is 11.8 Å². The molecule has 0 aliphatic rings. The van der Waals surface area contributed by atoms with Crippen LogP contribution < -0.4 is 5.32 Å². The molecule has 7 nitrogen and oxygen atoms in total. The summed E-state index contributed by atoms with van der Waals surface area (Å²) in [5, 5.41) is 15.5. The fraction of sp³-hybridized carbons (Fsp3) is 0.286. The zero-order valence-electron chi connectivity index (χ0n) is 11.6. The number of aliphatic hydroxyl groups is 1. The predicted molar refractivity (Wildman–Crippen MR) is 75.2 cm³/mol. The van der Waals surface area contributed by atoms with Crippen LogP contribution in [-0.4, -0.2) is 43.9 Å². The molecule has 0 radical (unpaired) electrons. The number of rotatable bonds is 4. The van der Waals surface area contributed by atoms with E-state index in [4.69, 9.17) is 5.11 Å². The van der Waals surface area contributed by atoms with Crippen molar-refractivity contribution >= 4 is 5.91 Å². The molecule has 0 spiro atoms. The molecule has 0 saturated heterocycles. The van der Waals surface area contributed by atoms with Gasteiger partial charge in [-0.05, 0) is 12.1 Å². The average Bonchev–Trinajstić information content (AvgIpc) is 2.91. The Hall–Kier alpha value is -2.72. The minimum atomic E-state index is -0.257. The topological polar surface area (TPSA) is 92.9 Å². The fourth-order valence-electron chi connectivity index (χ4n) is 1.62. The number of aryl methyl sites for hydroxylation is 1. The molecule has 108 valence electrons. The summed E-state index contributed by atoms with van der Waals surface area (Å²) in [7, 11) is 1.79. The van der Waals surface area contributed by atoms with Gasteiger partial charge in [0, 0.05) is 31.8 Å². The minimum Gasteiger partial charge on any atom is -0.384 e. The lowest BCUT2D eigenvalue weighted by atomic mass is 10.2. The molecule has 2 rings (SSSR count). The van der Waals surface area contributed by atoms with Crippen LogP contribution in [0.5, 0.6) is 0 Å². The molecule has 0 aliphatic heterocycles. The summed E-state index contributed by atoms with van der Waals surface area (Å²) in [5.41, 5.74) is 0.969. The van der Waals surface area contributed by atoms with Crippen molar-refractivity contribution in [2.24, 2.45) is 7.05 Å². The van der Waals surface area contributed by atoms with Gasteiger partial charge in [-0.15, -0.1) is 0 Å². The third-order valence-electron chi connectivity index (χ3n) is 2.59. The van der Waals surface area contributed by atoms with Crippen molar-refractivity contribution in [2.45, 2.75) is 6.42 Å². The largest absolute Gasteiger partial charge is 0.384 e. The van der Waals surface area contributed by atoms with Crippen molar-refractivity contribution in [3.8, 4) is 11.8 Å². The molecule has 2 aromatic rings. The highest BCUT2D eigenvalue weighted by Gasteiger charge is 2.07. The van der Waals surface area contributed by atoms with Gasteiger partial charge in [0.1, 0.15) is 18.6 Å². The molecule has 2 N–H and O–H groups in total. The first-order valence-electron chi connectivity index (χ1n) is 6.37. The molecule has 21 heavy (non-hydrogen) atoms. The first-order chi connectivity index (χ1) is 10.2. The lowest BCUT2D eigenvalue weighted by Gasteiger charge is -2.03. The zero-order chi connectivity index (χ0) is 15.1. The smallest absolute Gasteiger partial charge is 0.269 e. The maximum absolute atomic E-state index is 11.9. The van der Waals surface area contributed by atoms with Crippen molar-refractivity contribution < 1.29 is 9.90 Å². The Labute approximate surface area is 122 Å². The fourth-order valence-corrected chi connectivity index (χ4v) is 1.62. The van der Waals surface area contributed by atoms with Crippen LogP contribution in [0.4, 0.5) is 0 Å². The number of pyridine rings is 1. The van der Waals surface area contributed by atoms with Gasteiger partial charge in [0.15, 0.2) is 5.82 Å². The van der Waals surface area contributed by atoms with E-state index in [0.717, 1.165) is 0 Å². The highest BCUT2D eigenvalue weighted by Crippen LogP contribution is 1.99. The van der Waals surface area contributed by atoms with Crippen LogP contribution >= 0.6 is 0 Å². The second-order valence-corrected chi connectivity index (χ2v) is 4.23. The summed E-state index contributed by atoms with van der Waals surface area (Å²) < 4.78 is 1.62. The number of carbonyl (C=O) groups is 1. The van der Waals surface area contributed by atoms with Crippen LogP contribution in [0.1, 0.15) is 21.9 Å². The highest BCUT2D eigenvalue weighted by atomic mass is 16.2. The maximum Gasteiger partial charge on any atom is 0.269 e. The quantitative estimate of drug-likeness (QED) is 0.741. The van der Waals surface area contributed by atoms with Crippen LogP contribution in [0.2, 0.25) is 0 Å². The van der Waals surface area contributed by atoms with Gasteiger partial charge in [-0.2, -0.15) is 5.10 Å². The second-order valence-electron chi connectivity index (χ2n) is 4.23. The molecule has 0 fully saturated rings. The van der Waals surface area contributed by atoms with Gasteiger partial charge in [0.05, 0.1) is 0 Å². The van der Waals surface area contributed by atoms with Crippen LogP contribution in [0.25, 0.3) is 0 Å². The van der Waals surface area contributed by atoms with E-state index >= 15 is 0 Å². The van der Waals surface area contributed by atoms with Crippen LogP contribution in [-0.2, 0) is 13.5 Å². The number of hydrogen-bond donors (Lipinski definition) is 2. The number of nitrogens with one attached hydrogen (secondary N) is 1. The van der Waals surface area contributed by atoms with Crippen molar-refractivity contribution in [3.63, 3.8) is 0 Å². The van der Waals surface area contributed by atoms with Crippen molar-refractivity contribution in [1.29, 1.82) is 0 Å². The normalized spacial score (nSPS) is 9.81. The SMILES string of the molecule is Cn1cnc(CCNC(=O)c2ccc(C#CCO)cn2)n1. The Morgan fingerprint density at radius 3 is 2.90 bits per heavy atom. The van der Waals surface area contributed by atoms with E-state index in [1.54, 1.807) is 30.2 Å². The number of carbonyl (C=O) groups excluding carboxylic acids is 1. The lowest BCUT2D eigenvalue weighted by Crippen LogP contribution is -2.26. The molecule has 0 saturated carbocycles. The lowest BCUT2D eigenvalue weighted by molar-refractivity contribution is 0.0949. The van der Waals surface area contributed by atoms with Gasteiger partial charge < -0.3 is 10.4 Å². The van der Waals surface area contributed by atoms with Crippen LogP contribution in [0.15, 0.2) is 24.7 Å². The van der Waals surface area contributed by atoms with E-state index in [1.165, 1.54) is 6.20 Å². The predicted octanol–water partition coefficient (Wildman–Crippen LogP) is -0.474. The Bertz CT molecular complexity index is 667.